The number of aromatic nitrogens is 3. The number of aliphatic hydroxyl groups excluding tert-OH is 1. The van der Waals surface area contributed by atoms with Crippen LogP contribution in [0.3, 0.4) is 0 Å². The van der Waals surface area contributed by atoms with E-state index in [4.69, 9.17) is 9.15 Å². The van der Waals surface area contributed by atoms with E-state index in [9.17, 15) is 5.11 Å². The number of hydrogen-bond donors (Lipinski definition) is 3. The molecule has 0 saturated carbocycles. The van der Waals surface area contributed by atoms with Crippen LogP contribution in [0.1, 0.15) is 36.9 Å². The maximum atomic E-state index is 10.1. The summed E-state index contributed by atoms with van der Waals surface area (Å²) in [7, 11) is 1.64. The average molecular weight is 362 g/mol. The minimum atomic E-state index is -0.759. The number of aliphatic imine (C=N–C) groups is 1. The second kappa shape index (κ2) is 8.81. The summed E-state index contributed by atoms with van der Waals surface area (Å²) in [5, 5.41) is 21.2. The Bertz CT molecular complexity index is 712. The van der Waals surface area contributed by atoms with Crippen molar-refractivity contribution in [3.05, 3.63) is 35.8 Å². The highest BCUT2D eigenvalue weighted by Gasteiger charge is 2.22. The second-order valence-corrected chi connectivity index (χ2v) is 6.19. The van der Waals surface area contributed by atoms with Crippen LogP contribution in [0, 0.1) is 0 Å². The Labute approximate surface area is 152 Å². The number of nitrogens with one attached hydrogen (secondary N) is 2. The van der Waals surface area contributed by atoms with Gasteiger partial charge in [0, 0.05) is 26.1 Å². The van der Waals surface area contributed by atoms with E-state index in [1.807, 2.05) is 11.6 Å². The molecule has 0 spiro atoms. The molecule has 0 saturated heterocycles. The fourth-order valence-electron chi connectivity index (χ4n) is 2.93. The van der Waals surface area contributed by atoms with Crippen LogP contribution in [0.15, 0.2) is 27.8 Å². The fraction of sp³-hybridized carbons (Fsp3) is 0.588. The number of nitrogens with zero attached hydrogens (tertiary/aromatic N) is 4. The number of furan rings is 1. The Morgan fingerprint density at radius 1 is 1.58 bits per heavy atom. The lowest BCUT2D eigenvalue weighted by Gasteiger charge is -2.25. The van der Waals surface area contributed by atoms with Gasteiger partial charge in [0.05, 0.1) is 19.4 Å². The van der Waals surface area contributed by atoms with E-state index in [2.05, 4.69) is 25.7 Å². The van der Waals surface area contributed by atoms with E-state index < -0.39 is 6.10 Å². The first kappa shape index (κ1) is 18.4. The normalized spacial score (nSPS) is 18.4. The Morgan fingerprint density at radius 3 is 3.19 bits per heavy atom. The number of fused-ring (bicyclic) bond motifs is 1. The third-order valence-electron chi connectivity index (χ3n) is 4.15. The van der Waals surface area contributed by atoms with Gasteiger partial charge in [0.15, 0.2) is 11.8 Å². The Morgan fingerprint density at radius 2 is 2.46 bits per heavy atom. The van der Waals surface area contributed by atoms with Gasteiger partial charge in [-0.25, -0.2) is 9.67 Å². The molecule has 0 aliphatic carbocycles. The van der Waals surface area contributed by atoms with Crippen molar-refractivity contribution in [2.75, 3.05) is 20.2 Å². The summed E-state index contributed by atoms with van der Waals surface area (Å²) < 4.78 is 12.2. The number of aliphatic hydroxyl groups is 1. The zero-order chi connectivity index (χ0) is 18.4. The molecule has 3 rings (SSSR count). The van der Waals surface area contributed by atoms with Gasteiger partial charge in [-0.05, 0) is 25.5 Å². The molecule has 3 N–H and O–H groups in total. The Balaban J connectivity index is 1.59. The zero-order valence-electron chi connectivity index (χ0n) is 15.2. The van der Waals surface area contributed by atoms with Gasteiger partial charge in [0.2, 0.25) is 0 Å². The van der Waals surface area contributed by atoms with Gasteiger partial charge in [0.25, 0.3) is 0 Å². The van der Waals surface area contributed by atoms with E-state index in [0.717, 1.165) is 31.8 Å². The number of rotatable bonds is 7. The van der Waals surface area contributed by atoms with Crippen molar-refractivity contribution >= 4 is 5.96 Å². The largest absolute Gasteiger partial charge is 0.467 e. The molecule has 0 bridgehead atoms. The van der Waals surface area contributed by atoms with Crippen molar-refractivity contribution in [1.82, 2.24) is 25.4 Å². The third-order valence-corrected chi connectivity index (χ3v) is 4.15. The van der Waals surface area contributed by atoms with Crippen LogP contribution in [0.5, 0.6) is 0 Å². The van der Waals surface area contributed by atoms with Gasteiger partial charge in [-0.1, -0.05) is 0 Å². The number of hydrogen-bond acceptors (Lipinski definition) is 6. The molecule has 142 valence electrons. The molecule has 2 atom stereocenters. The summed E-state index contributed by atoms with van der Waals surface area (Å²) in [6, 6.07) is 3.69. The van der Waals surface area contributed by atoms with Crippen molar-refractivity contribution in [1.29, 1.82) is 0 Å². The van der Waals surface area contributed by atoms with Crippen LogP contribution in [-0.2, 0) is 24.3 Å². The molecule has 2 aromatic rings. The van der Waals surface area contributed by atoms with Crippen molar-refractivity contribution in [3.63, 3.8) is 0 Å². The van der Waals surface area contributed by atoms with E-state index in [1.54, 1.807) is 25.5 Å². The predicted octanol–water partition coefficient (Wildman–Crippen LogP) is 0.621. The second-order valence-electron chi connectivity index (χ2n) is 6.19. The molecule has 2 aromatic heterocycles. The van der Waals surface area contributed by atoms with E-state index in [-0.39, 0.29) is 12.6 Å². The molecule has 3 heterocycles. The zero-order valence-corrected chi connectivity index (χ0v) is 15.2. The molecule has 0 aromatic carbocycles. The lowest BCUT2D eigenvalue weighted by atomic mass is 10.1. The molecule has 1 aliphatic heterocycles. The van der Waals surface area contributed by atoms with Crippen LogP contribution in [0.4, 0.5) is 0 Å². The molecular formula is C17H26N6O3. The lowest BCUT2D eigenvalue weighted by Crippen LogP contribution is -2.47. The molecular weight excluding hydrogens is 336 g/mol. The molecule has 26 heavy (non-hydrogen) atoms. The molecule has 0 fully saturated rings. The SMILES string of the molecule is CCNC(=NCC(O)c1ccco1)NC1CCc2nc(COC)nn2C1. The quantitative estimate of drug-likeness (QED) is 0.489. The van der Waals surface area contributed by atoms with E-state index in [0.29, 0.717) is 24.2 Å². The molecule has 0 amide bonds. The lowest BCUT2D eigenvalue weighted by molar-refractivity contribution is 0.158. The monoisotopic (exact) mass is 362 g/mol. The maximum absolute atomic E-state index is 10.1. The van der Waals surface area contributed by atoms with Gasteiger partial charge in [0.1, 0.15) is 24.3 Å². The highest BCUT2D eigenvalue weighted by atomic mass is 16.5. The van der Waals surface area contributed by atoms with Crippen molar-refractivity contribution in [2.24, 2.45) is 4.99 Å². The summed E-state index contributed by atoms with van der Waals surface area (Å²) in [6.07, 6.45) is 2.57. The first-order valence-corrected chi connectivity index (χ1v) is 8.87. The molecule has 9 heteroatoms. The van der Waals surface area contributed by atoms with Crippen LogP contribution in [-0.4, -0.2) is 52.1 Å². The maximum Gasteiger partial charge on any atom is 0.191 e. The Hall–Kier alpha value is -2.39. The van der Waals surface area contributed by atoms with Crippen molar-refractivity contribution in [3.8, 4) is 0 Å². The summed E-state index contributed by atoms with van der Waals surface area (Å²) in [6.45, 7) is 4.11. The number of methoxy groups -OCH3 is 1. The highest BCUT2D eigenvalue weighted by molar-refractivity contribution is 5.80. The van der Waals surface area contributed by atoms with Crippen LogP contribution < -0.4 is 10.6 Å². The van der Waals surface area contributed by atoms with Gasteiger partial charge in [-0.2, -0.15) is 5.10 Å². The van der Waals surface area contributed by atoms with Crippen molar-refractivity contribution in [2.45, 2.75) is 45.1 Å². The van der Waals surface area contributed by atoms with Crippen molar-refractivity contribution < 1.29 is 14.3 Å². The standard InChI is InChI=1S/C17H26N6O3/c1-3-18-17(19-9-13(24)14-5-4-8-26-14)20-12-6-7-16-21-15(11-25-2)22-23(16)10-12/h4-5,8,12-13,24H,3,6-7,9-11H2,1-2H3,(H2,18,19,20). The van der Waals surface area contributed by atoms with E-state index in [1.165, 1.54) is 0 Å². The molecule has 9 nitrogen and oxygen atoms in total. The van der Waals surface area contributed by atoms with Crippen LogP contribution in [0.2, 0.25) is 0 Å². The smallest absolute Gasteiger partial charge is 0.191 e. The predicted molar refractivity (Wildman–Crippen MR) is 95.6 cm³/mol. The first-order chi connectivity index (χ1) is 12.7. The topological polar surface area (TPSA) is 110 Å². The van der Waals surface area contributed by atoms with Gasteiger partial charge >= 0.3 is 0 Å². The summed E-state index contributed by atoms with van der Waals surface area (Å²) >= 11 is 0. The fourth-order valence-corrected chi connectivity index (χ4v) is 2.93. The minimum Gasteiger partial charge on any atom is -0.467 e. The first-order valence-electron chi connectivity index (χ1n) is 8.87. The Kier molecular flexibility index (Phi) is 6.24. The summed E-state index contributed by atoms with van der Waals surface area (Å²) in [4.78, 5) is 8.96. The third kappa shape index (κ3) is 4.61. The number of guanidine groups is 1. The summed E-state index contributed by atoms with van der Waals surface area (Å²) in [5.41, 5.74) is 0. The highest BCUT2D eigenvalue weighted by Crippen LogP contribution is 2.15. The average Bonchev–Trinajstić information content (AvgIpc) is 3.29. The van der Waals surface area contributed by atoms with Gasteiger partial charge < -0.3 is 24.9 Å². The van der Waals surface area contributed by atoms with Crippen LogP contribution >= 0.6 is 0 Å². The van der Waals surface area contributed by atoms with Crippen LogP contribution in [0.25, 0.3) is 0 Å². The molecule has 1 aliphatic rings. The number of ether oxygens (including phenoxy) is 1. The van der Waals surface area contributed by atoms with Gasteiger partial charge in [-0.3, -0.25) is 4.99 Å². The van der Waals surface area contributed by atoms with Gasteiger partial charge in [-0.15, -0.1) is 0 Å². The molecule has 0 radical (unpaired) electrons. The minimum absolute atomic E-state index is 0.193. The summed E-state index contributed by atoms with van der Waals surface area (Å²) in [5.74, 6) is 2.89. The van der Waals surface area contributed by atoms with E-state index >= 15 is 0 Å². The molecule has 2 unspecified atom stereocenters. The number of aryl methyl sites for hydroxylation is 1.